The van der Waals surface area contributed by atoms with Gasteiger partial charge in [0.05, 0.1) is 7.11 Å². The van der Waals surface area contributed by atoms with Crippen LogP contribution in [0.2, 0.25) is 0 Å². The fourth-order valence-electron chi connectivity index (χ4n) is 3.54. The van der Waals surface area contributed by atoms with Crippen molar-refractivity contribution in [3.05, 3.63) is 65.7 Å². The molecule has 194 valence electrons. The first-order valence-corrected chi connectivity index (χ1v) is 11.9. The number of nitrogens with one attached hydrogen (secondary N) is 4. The van der Waals surface area contributed by atoms with Crippen molar-refractivity contribution in [2.45, 2.75) is 57.5 Å². The summed E-state index contributed by atoms with van der Waals surface area (Å²) in [6.07, 6.45) is 3.88. The van der Waals surface area contributed by atoms with E-state index in [0.29, 0.717) is 31.4 Å². The third kappa shape index (κ3) is 11.0. The van der Waals surface area contributed by atoms with Crippen LogP contribution in [0.25, 0.3) is 0 Å². The van der Waals surface area contributed by atoms with Gasteiger partial charge in [-0.3, -0.25) is 14.8 Å². The van der Waals surface area contributed by atoms with Crippen molar-refractivity contribution >= 4 is 29.5 Å². The second kappa shape index (κ2) is 15.9. The van der Waals surface area contributed by atoms with Gasteiger partial charge in [-0.2, -0.15) is 0 Å². The SMILES string of the molecule is COC(=O)[C@H](Cc1ccccc1)NC(=O)NCc1cccc(NC(=O)CCCCCCC(=O)NO)c1. The minimum Gasteiger partial charge on any atom is -0.467 e. The molecule has 2 rings (SSSR count). The van der Waals surface area contributed by atoms with Gasteiger partial charge >= 0.3 is 12.0 Å². The molecule has 0 aliphatic carbocycles. The normalized spacial score (nSPS) is 11.2. The number of esters is 1. The molecule has 0 aromatic heterocycles. The molecule has 0 aliphatic heterocycles. The summed E-state index contributed by atoms with van der Waals surface area (Å²) in [7, 11) is 1.28. The molecule has 2 aromatic carbocycles. The number of ether oxygens (including phenoxy) is 1. The van der Waals surface area contributed by atoms with Gasteiger partial charge in [-0.15, -0.1) is 0 Å². The molecule has 5 N–H and O–H groups in total. The van der Waals surface area contributed by atoms with E-state index in [9.17, 15) is 19.2 Å². The Morgan fingerprint density at radius 3 is 2.19 bits per heavy atom. The number of carbonyl (C=O) groups excluding carboxylic acids is 4. The molecule has 0 saturated carbocycles. The van der Waals surface area contributed by atoms with Crippen molar-refractivity contribution < 1.29 is 29.1 Å². The molecule has 0 fully saturated rings. The van der Waals surface area contributed by atoms with Crippen LogP contribution in [-0.4, -0.2) is 42.2 Å². The molecule has 0 unspecified atom stereocenters. The maximum Gasteiger partial charge on any atom is 0.328 e. The van der Waals surface area contributed by atoms with Gasteiger partial charge in [0.1, 0.15) is 6.04 Å². The number of hydrogen-bond acceptors (Lipinski definition) is 6. The summed E-state index contributed by atoms with van der Waals surface area (Å²) < 4.78 is 4.82. The maximum atomic E-state index is 12.4. The second-order valence-corrected chi connectivity index (χ2v) is 8.29. The molecule has 4 amide bonds. The second-order valence-electron chi connectivity index (χ2n) is 8.29. The van der Waals surface area contributed by atoms with Crippen molar-refractivity contribution in [3.8, 4) is 0 Å². The molecule has 0 radical (unpaired) electrons. The zero-order valence-corrected chi connectivity index (χ0v) is 20.4. The van der Waals surface area contributed by atoms with Gasteiger partial charge in [-0.1, -0.05) is 55.3 Å². The molecule has 0 aliphatic rings. The molecule has 0 saturated heterocycles. The number of methoxy groups -OCH3 is 1. The fraction of sp³-hybridized carbons (Fsp3) is 0.385. The summed E-state index contributed by atoms with van der Waals surface area (Å²) in [4.78, 5) is 47.7. The average molecular weight is 499 g/mol. The molecule has 10 heteroatoms. The number of urea groups is 1. The number of hydroxylamine groups is 1. The van der Waals surface area contributed by atoms with Crippen molar-refractivity contribution in [1.29, 1.82) is 0 Å². The Morgan fingerprint density at radius 2 is 1.53 bits per heavy atom. The fourth-order valence-corrected chi connectivity index (χ4v) is 3.54. The van der Waals surface area contributed by atoms with E-state index in [2.05, 4.69) is 16.0 Å². The standard InChI is InChI=1S/C26H34N4O6/c1-36-25(33)22(17-19-10-5-4-6-11-19)29-26(34)27-18-20-12-9-13-21(16-20)28-23(31)14-7-2-3-8-15-24(32)30-35/h4-6,9-13,16,22,35H,2-3,7-8,14-15,17-18H2,1H3,(H,28,31)(H,30,32)(H2,27,29,34)/t22-/m0/s1. The smallest absolute Gasteiger partial charge is 0.328 e. The molecular weight excluding hydrogens is 464 g/mol. The summed E-state index contributed by atoms with van der Waals surface area (Å²) in [5.74, 6) is -1.06. The van der Waals surface area contributed by atoms with E-state index in [-0.39, 0.29) is 18.9 Å². The zero-order chi connectivity index (χ0) is 26.2. The highest BCUT2D eigenvalue weighted by atomic mass is 16.5. The highest BCUT2D eigenvalue weighted by Gasteiger charge is 2.21. The Balaban J connectivity index is 1.76. The monoisotopic (exact) mass is 498 g/mol. The third-order valence-electron chi connectivity index (χ3n) is 5.42. The van der Waals surface area contributed by atoms with Crippen molar-refractivity contribution in [3.63, 3.8) is 0 Å². The largest absolute Gasteiger partial charge is 0.467 e. The lowest BCUT2D eigenvalue weighted by molar-refractivity contribution is -0.142. The quantitative estimate of drug-likeness (QED) is 0.117. The number of anilines is 1. The molecule has 0 spiro atoms. The van der Waals surface area contributed by atoms with Crippen molar-refractivity contribution in [1.82, 2.24) is 16.1 Å². The van der Waals surface area contributed by atoms with E-state index in [1.165, 1.54) is 7.11 Å². The number of carbonyl (C=O) groups is 4. The minimum atomic E-state index is -0.824. The van der Waals surface area contributed by atoms with Crippen LogP contribution < -0.4 is 21.4 Å². The minimum absolute atomic E-state index is 0.118. The Hall–Kier alpha value is -3.92. The van der Waals surface area contributed by atoms with E-state index >= 15 is 0 Å². The maximum absolute atomic E-state index is 12.4. The summed E-state index contributed by atoms with van der Waals surface area (Å²) in [5.41, 5.74) is 3.89. The van der Waals surface area contributed by atoms with Gasteiger partial charge in [0, 0.05) is 31.5 Å². The lowest BCUT2D eigenvalue weighted by atomic mass is 10.1. The number of benzene rings is 2. The first-order chi connectivity index (χ1) is 17.4. The van der Waals surface area contributed by atoms with E-state index in [0.717, 1.165) is 24.0 Å². The van der Waals surface area contributed by atoms with E-state index in [1.54, 1.807) is 23.7 Å². The molecule has 0 heterocycles. The first kappa shape index (κ1) is 28.3. The molecule has 36 heavy (non-hydrogen) atoms. The topological polar surface area (TPSA) is 146 Å². The number of hydrogen-bond donors (Lipinski definition) is 5. The van der Waals surface area contributed by atoms with Crippen LogP contribution in [0.5, 0.6) is 0 Å². The molecule has 10 nitrogen and oxygen atoms in total. The van der Waals surface area contributed by atoms with E-state index in [1.807, 2.05) is 36.4 Å². The zero-order valence-electron chi connectivity index (χ0n) is 20.4. The Labute approximate surface area is 210 Å². The highest BCUT2D eigenvalue weighted by molar-refractivity contribution is 5.90. The van der Waals surface area contributed by atoms with Gasteiger partial charge in [0.15, 0.2) is 0 Å². The summed E-state index contributed by atoms with van der Waals surface area (Å²) in [6.45, 7) is 0.205. The van der Waals surface area contributed by atoms with Gasteiger partial charge in [0.25, 0.3) is 0 Å². The van der Waals surface area contributed by atoms with Crippen LogP contribution in [0.3, 0.4) is 0 Å². The van der Waals surface area contributed by atoms with Crippen molar-refractivity contribution in [2.24, 2.45) is 0 Å². The van der Waals surface area contributed by atoms with E-state index in [4.69, 9.17) is 9.94 Å². The van der Waals surface area contributed by atoms with Gasteiger partial charge in [0.2, 0.25) is 11.8 Å². The predicted molar refractivity (Wildman–Crippen MR) is 134 cm³/mol. The van der Waals surface area contributed by atoms with Gasteiger partial charge < -0.3 is 20.7 Å². The third-order valence-corrected chi connectivity index (χ3v) is 5.42. The average Bonchev–Trinajstić information content (AvgIpc) is 2.89. The Bertz CT molecular complexity index is 999. The molecular formula is C26H34N4O6. The van der Waals surface area contributed by atoms with Gasteiger partial charge in [-0.05, 0) is 36.1 Å². The lowest BCUT2D eigenvalue weighted by Crippen LogP contribution is -2.47. The van der Waals surface area contributed by atoms with Crippen LogP contribution in [-0.2, 0) is 32.1 Å². The Kier molecular flexibility index (Phi) is 12.5. The molecule has 1 atom stereocenters. The number of rotatable bonds is 14. The number of unbranched alkanes of at least 4 members (excludes halogenated alkanes) is 3. The van der Waals surface area contributed by atoms with Crippen LogP contribution in [0, 0.1) is 0 Å². The van der Waals surface area contributed by atoms with Crippen LogP contribution in [0.1, 0.15) is 49.7 Å². The summed E-state index contributed by atoms with van der Waals surface area (Å²) >= 11 is 0. The van der Waals surface area contributed by atoms with E-state index < -0.39 is 23.9 Å². The lowest BCUT2D eigenvalue weighted by Gasteiger charge is -2.17. The first-order valence-electron chi connectivity index (χ1n) is 11.9. The highest BCUT2D eigenvalue weighted by Crippen LogP contribution is 2.13. The Morgan fingerprint density at radius 1 is 0.861 bits per heavy atom. The van der Waals surface area contributed by atoms with Crippen LogP contribution in [0.15, 0.2) is 54.6 Å². The van der Waals surface area contributed by atoms with Crippen LogP contribution in [0.4, 0.5) is 10.5 Å². The summed E-state index contributed by atoms with van der Waals surface area (Å²) in [6, 6.07) is 15.1. The summed E-state index contributed by atoms with van der Waals surface area (Å²) in [5, 5.41) is 16.7. The molecule has 2 aromatic rings. The van der Waals surface area contributed by atoms with Gasteiger partial charge in [-0.25, -0.2) is 15.1 Å². The number of amides is 4. The van der Waals surface area contributed by atoms with Crippen molar-refractivity contribution in [2.75, 3.05) is 12.4 Å². The molecule has 0 bridgehead atoms. The van der Waals surface area contributed by atoms with Crippen LogP contribution >= 0.6 is 0 Å². The predicted octanol–water partition coefficient (Wildman–Crippen LogP) is 3.05.